The second kappa shape index (κ2) is 9.12. The molecule has 0 saturated heterocycles. The summed E-state index contributed by atoms with van der Waals surface area (Å²) in [6, 6.07) is 15.3. The van der Waals surface area contributed by atoms with Gasteiger partial charge in [0.15, 0.2) is 0 Å². The van der Waals surface area contributed by atoms with Gasteiger partial charge in [0, 0.05) is 13.0 Å². The van der Waals surface area contributed by atoms with Crippen LogP contribution >= 0.6 is 0 Å². The van der Waals surface area contributed by atoms with Crippen LogP contribution in [-0.2, 0) is 24.2 Å². The molecule has 0 fully saturated rings. The van der Waals surface area contributed by atoms with E-state index in [9.17, 15) is 4.79 Å². The third-order valence-corrected chi connectivity index (χ3v) is 4.68. The maximum absolute atomic E-state index is 13.0. The van der Waals surface area contributed by atoms with Crippen molar-refractivity contribution in [1.29, 1.82) is 0 Å². The van der Waals surface area contributed by atoms with Gasteiger partial charge >= 0.3 is 0 Å². The Labute approximate surface area is 164 Å². The lowest BCUT2D eigenvalue weighted by atomic mass is 10.0. The van der Waals surface area contributed by atoms with Gasteiger partial charge < -0.3 is 10.1 Å². The molecular formula is C21H25N5O2. The zero-order valence-electron chi connectivity index (χ0n) is 16.4. The fourth-order valence-corrected chi connectivity index (χ4v) is 3.11. The van der Waals surface area contributed by atoms with Gasteiger partial charge in [-0.05, 0) is 52.6 Å². The van der Waals surface area contributed by atoms with E-state index in [4.69, 9.17) is 4.74 Å². The largest absolute Gasteiger partial charge is 0.497 e. The molecule has 7 nitrogen and oxygen atoms in total. The van der Waals surface area contributed by atoms with E-state index in [-0.39, 0.29) is 5.91 Å². The van der Waals surface area contributed by atoms with Crippen LogP contribution in [0.3, 0.4) is 0 Å². The van der Waals surface area contributed by atoms with Crippen molar-refractivity contribution in [2.45, 2.75) is 39.3 Å². The first-order chi connectivity index (χ1) is 13.6. The smallest absolute Gasteiger partial charge is 0.245 e. The highest BCUT2D eigenvalue weighted by atomic mass is 16.5. The van der Waals surface area contributed by atoms with Crippen LogP contribution in [0, 0.1) is 6.92 Å². The first-order valence-electron chi connectivity index (χ1n) is 9.33. The lowest BCUT2D eigenvalue weighted by Crippen LogP contribution is -2.34. The second-order valence-corrected chi connectivity index (χ2v) is 6.63. The molecule has 1 unspecified atom stereocenters. The Hall–Kier alpha value is -3.22. The normalized spacial score (nSPS) is 11.8. The Bertz CT molecular complexity index is 938. The topological polar surface area (TPSA) is 81.9 Å². The maximum atomic E-state index is 13.0. The van der Waals surface area contributed by atoms with Crippen molar-refractivity contribution in [3.63, 3.8) is 0 Å². The number of methoxy groups -OCH3 is 1. The summed E-state index contributed by atoms with van der Waals surface area (Å²) in [6.45, 7) is 4.36. The average Bonchev–Trinajstić information content (AvgIpc) is 3.16. The van der Waals surface area contributed by atoms with Crippen LogP contribution in [0.4, 0.5) is 0 Å². The van der Waals surface area contributed by atoms with Gasteiger partial charge in [-0.15, -0.1) is 5.10 Å². The van der Waals surface area contributed by atoms with Gasteiger partial charge in [-0.25, -0.2) is 4.68 Å². The van der Waals surface area contributed by atoms with Crippen LogP contribution in [0.25, 0.3) is 0 Å². The quantitative estimate of drug-likeness (QED) is 0.651. The van der Waals surface area contributed by atoms with Gasteiger partial charge in [0.1, 0.15) is 17.6 Å². The summed E-state index contributed by atoms with van der Waals surface area (Å²) in [7, 11) is 1.62. The predicted octanol–water partition coefficient (Wildman–Crippen LogP) is 2.65. The molecule has 0 aliphatic carbocycles. The highest BCUT2D eigenvalue weighted by Gasteiger charge is 2.24. The van der Waals surface area contributed by atoms with E-state index in [1.165, 1.54) is 5.56 Å². The molecule has 146 valence electrons. The fourth-order valence-electron chi connectivity index (χ4n) is 3.11. The number of hydrogen-bond acceptors (Lipinski definition) is 5. The number of nitrogens with zero attached hydrogens (tertiary/aromatic N) is 4. The van der Waals surface area contributed by atoms with Gasteiger partial charge in [0.25, 0.3) is 0 Å². The average molecular weight is 379 g/mol. The van der Waals surface area contributed by atoms with E-state index in [2.05, 4.69) is 39.9 Å². The lowest BCUT2D eigenvalue weighted by molar-refractivity contribution is -0.124. The Kier molecular flexibility index (Phi) is 6.37. The van der Waals surface area contributed by atoms with Gasteiger partial charge in [0.2, 0.25) is 5.91 Å². The number of amides is 1. The maximum Gasteiger partial charge on any atom is 0.245 e. The number of aryl methyl sites for hydroxylation is 2. The van der Waals surface area contributed by atoms with Crippen molar-refractivity contribution >= 4 is 5.91 Å². The molecule has 1 heterocycles. The molecule has 1 amide bonds. The van der Waals surface area contributed by atoms with Crippen molar-refractivity contribution in [2.24, 2.45) is 0 Å². The summed E-state index contributed by atoms with van der Waals surface area (Å²) >= 11 is 0. The van der Waals surface area contributed by atoms with E-state index in [0.29, 0.717) is 18.8 Å². The lowest BCUT2D eigenvalue weighted by Gasteiger charge is -2.18. The minimum atomic E-state index is -0.545. The van der Waals surface area contributed by atoms with E-state index in [1.54, 1.807) is 18.7 Å². The number of ether oxygens (including phenoxy) is 1. The molecule has 28 heavy (non-hydrogen) atoms. The minimum absolute atomic E-state index is 0.125. The molecule has 3 rings (SSSR count). The zero-order valence-corrected chi connectivity index (χ0v) is 16.4. The molecule has 2 aromatic carbocycles. The van der Waals surface area contributed by atoms with Gasteiger partial charge in [-0.1, -0.05) is 43.3 Å². The summed E-state index contributed by atoms with van der Waals surface area (Å²) in [4.78, 5) is 13.0. The predicted molar refractivity (Wildman–Crippen MR) is 106 cm³/mol. The van der Waals surface area contributed by atoms with Crippen LogP contribution in [0.15, 0.2) is 48.5 Å². The van der Waals surface area contributed by atoms with Crippen molar-refractivity contribution in [2.75, 3.05) is 7.11 Å². The number of hydrogen-bond donors (Lipinski definition) is 1. The monoisotopic (exact) mass is 379 g/mol. The molecule has 3 aromatic rings. The number of tetrazole rings is 1. The van der Waals surface area contributed by atoms with Crippen LogP contribution in [0.1, 0.15) is 35.5 Å². The number of carbonyl (C=O) groups excluding carboxylic acids is 1. The second-order valence-electron chi connectivity index (χ2n) is 6.63. The summed E-state index contributed by atoms with van der Waals surface area (Å²) in [5.41, 5.74) is 3.29. The van der Waals surface area contributed by atoms with Crippen LogP contribution < -0.4 is 10.1 Å². The number of nitrogens with one attached hydrogen (secondary N) is 1. The highest BCUT2D eigenvalue weighted by molar-refractivity contribution is 5.80. The molecule has 1 atom stereocenters. The standard InChI is InChI=1S/C21H25N5O2/c1-4-16-7-5-9-18(11-16)14-22-21(27)20(26-15(2)23-24-25-26)13-17-8-6-10-19(12-17)28-3/h5-12,20H,4,13-14H2,1-3H3,(H,22,27). The third kappa shape index (κ3) is 4.73. The molecule has 1 N–H and O–H groups in total. The Morgan fingerprint density at radius 1 is 1.14 bits per heavy atom. The highest BCUT2D eigenvalue weighted by Crippen LogP contribution is 2.19. The molecular weight excluding hydrogens is 354 g/mol. The Morgan fingerprint density at radius 2 is 1.89 bits per heavy atom. The summed E-state index contributed by atoms with van der Waals surface area (Å²) in [5, 5.41) is 14.7. The van der Waals surface area contributed by atoms with Crippen molar-refractivity contribution in [3.05, 3.63) is 71.0 Å². The van der Waals surface area contributed by atoms with Crippen molar-refractivity contribution < 1.29 is 9.53 Å². The molecule has 1 aromatic heterocycles. The number of rotatable bonds is 8. The molecule has 0 radical (unpaired) electrons. The first-order valence-corrected chi connectivity index (χ1v) is 9.33. The third-order valence-electron chi connectivity index (χ3n) is 4.68. The number of carbonyl (C=O) groups is 1. The fraction of sp³-hybridized carbons (Fsp3) is 0.333. The van der Waals surface area contributed by atoms with Crippen LogP contribution in [0.2, 0.25) is 0 Å². The molecule has 7 heteroatoms. The molecule has 0 saturated carbocycles. The van der Waals surface area contributed by atoms with E-state index in [1.807, 2.05) is 36.4 Å². The molecule has 0 aliphatic rings. The SMILES string of the molecule is CCc1cccc(CNC(=O)C(Cc2cccc(OC)c2)n2nnnc2C)c1. The van der Waals surface area contributed by atoms with Crippen molar-refractivity contribution in [1.82, 2.24) is 25.5 Å². The van der Waals surface area contributed by atoms with Crippen LogP contribution in [0.5, 0.6) is 5.75 Å². The van der Waals surface area contributed by atoms with Crippen molar-refractivity contribution in [3.8, 4) is 5.75 Å². The van der Waals surface area contributed by atoms with Gasteiger partial charge in [0.05, 0.1) is 7.11 Å². The van der Waals surface area contributed by atoms with E-state index >= 15 is 0 Å². The number of aromatic nitrogens is 4. The van der Waals surface area contributed by atoms with Crippen LogP contribution in [-0.4, -0.2) is 33.2 Å². The number of benzene rings is 2. The minimum Gasteiger partial charge on any atom is -0.497 e. The summed E-state index contributed by atoms with van der Waals surface area (Å²) < 4.78 is 6.86. The Morgan fingerprint density at radius 3 is 2.61 bits per heavy atom. The molecule has 0 spiro atoms. The van der Waals surface area contributed by atoms with E-state index < -0.39 is 6.04 Å². The first kappa shape index (κ1) is 19.5. The Balaban J connectivity index is 1.78. The zero-order chi connectivity index (χ0) is 19.9. The summed E-state index contributed by atoms with van der Waals surface area (Å²) in [6.07, 6.45) is 1.42. The molecule has 0 aliphatic heterocycles. The summed E-state index contributed by atoms with van der Waals surface area (Å²) in [5.74, 6) is 1.22. The van der Waals surface area contributed by atoms with E-state index in [0.717, 1.165) is 23.3 Å². The van der Waals surface area contributed by atoms with Gasteiger partial charge in [-0.3, -0.25) is 4.79 Å². The van der Waals surface area contributed by atoms with Gasteiger partial charge in [-0.2, -0.15) is 0 Å². The molecule has 0 bridgehead atoms.